The van der Waals surface area contributed by atoms with Crippen molar-refractivity contribution in [3.05, 3.63) is 52.8 Å². The van der Waals surface area contributed by atoms with Gasteiger partial charge in [-0.1, -0.05) is 18.5 Å². The summed E-state index contributed by atoms with van der Waals surface area (Å²) in [6.07, 6.45) is 5.11. The van der Waals surface area contributed by atoms with Gasteiger partial charge in [-0.25, -0.2) is 9.97 Å². The maximum atomic E-state index is 5.93. The number of pyridine rings is 1. The largest absolute Gasteiger partial charge is 0.265 e. The van der Waals surface area contributed by atoms with E-state index in [0.717, 1.165) is 24.4 Å². The summed E-state index contributed by atoms with van der Waals surface area (Å²) in [5, 5.41) is 0.510. The number of hydrogen-bond acceptors (Lipinski definition) is 3. The van der Waals surface area contributed by atoms with E-state index in [1.165, 1.54) is 5.56 Å². The van der Waals surface area contributed by atoms with Gasteiger partial charge in [-0.3, -0.25) is 4.98 Å². The minimum absolute atomic E-state index is 0.510. The fraction of sp³-hybridized carbons (Fsp3) is 0.250. The number of nitrogens with zero attached hydrogens (tertiary/aromatic N) is 3. The maximum Gasteiger partial charge on any atom is 0.133 e. The van der Waals surface area contributed by atoms with E-state index >= 15 is 0 Å². The Hall–Kier alpha value is -1.48. The van der Waals surface area contributed by atoms with Crippen molar-refractivity contribution < 1.29 is 0 Å². The summed E-state index contributed by atoms with van der Waals surface area (Å²) in [6.45, 7) is 2.02. The molecule has 0 aliphatic carbocycles. The normalized spacial score (nSPS) is 10.4. The highest BCUT2D eigenvalue weighted by atomic mass is 35.5. The Bertz CT molecular complexity index is 471. The molecule has 0 atom stereocenters. The Morgan fingerprint density at radius 1 is 1.19 bits per heavy atom. The van der Waals surface area contributed by atoms with Gasteiger partial charge in [0.05, 0.1) is 0 Å². The van der Waals surface area contributed by atoms with Gasteiger partial charge in [0.15, 0.2) is 0 Å². The summed E-state index contributed by atoms with van der Waals surface area (Å²) in [5.41, 5.74) is 2.12. The highest BCUT2D eigenvalue weighted by Gasteiger charge is 2.02. The minimum atomic E-state index is 0.510. The Morgan fingerprint density at radius 3 is 2.62 bits per heavy atom. The summed E-state index contributed by atoms with van der Waals surface area (Å²) in [7, 11) is 0. The highest BCUT2D eigenvalue weighted by molar-refractivity contribution is 6.29. The lowest BCUT2D eigenvalue weighted by molar-refractivity contribution is 0.897. The standard InChI is InChI=1S/C12H12ClN3/c1-2-12-15-10(8-11(13)16-12)7-9-3-5-14-6-4-9/h3-6,8H,2,7H2,1H3. The lowest BCUT2D eigenvalue weighted by atomic mass is 10.1. The summed E-state index contributed by atoms with van der Waals surface area (Å²) >= 11 is 5.93. The summed E-state index contributed by atoms with van der Waals surface area (Å²) in [4.78, 5) is 12.5. The SMILES string of the molecule is CCc1nc(Cl)cc(Cc2ccncc2)n1. The quantitative estimate of drug-likeness (QED) is 0.766. The van der Waals surface area contributed by atoms with E-state index in [2.05, 4.69) is 15.0 Å². The third-order valence-corrected chi connectivity index (χ3v) is 2.44. The molecule has 0 radical (unpaired) electrons. The van der Waals surface area contributed by atoms with E-state index in [1.807, 2.05) is 19.1 Å². The van der Waals surface area contributed by atoms with Crippen LogP contribution in [-0.4, -0.2) is 15.0 Å². The molecule has 3 nitrogen and oxygen atoms in total. The average Bonchev–Trinajstić information content (AvgIpc) is 2.29. The fourth-order valence-corrected chi connectivity index (χ4v) is 1.70. The van der Waals surface area contributed by atoms with Gasteiger partial charge in [0.2, 0.25) is 0 Å². The Kier molecular flexibility index (Phi) is 3.47. The molecule has 0 saturated heterocycles. The van der Waals surface area contributed by atoms with Crippen LogP contribution in [0.1, 0.15) is 24.0 Å². The summed E-state index contributed by atoms with van der Waals surface area (Å²) < 4.78 is 0. The molecule has 16 heavy (non-hydrogen) atoms. The van der Waals surface area contributed by atoms with Crippen molar-refractivity contribution in [3.8, 4) is 0 Å². The molecule has 0 saturated carbocycles. The molecule has 2 aromatic rings. The van der Waals surface area contributed by atoms with E-state index < -0.39 is 0 Å². The molecule has 4 heteroatoms. The zero-order valence-electron chi connectivity index (χ0n) is 9.02. The molecular weight excluding hydrogens is 222 g/mol. The van der Waals surface area contributed by atoms with Crippen molar-refractivity contribution >= 4 is 11.6 Å². The van der Waals surface area contributed by atoms with Gasteiger partial charge >= 0.3 is 0 Å². The highest BCUT2D eigenvalue weighted by Crippen LogP contribution is 2.11. The number of aryl methyl sites for hydroxylation is 1. The van der Waals surface area contributed by atoms with Crippen molar-refractivity contribution in [2.24, 2.45) is 0 Å². The summed E-state index contributed by atoms with van der Waals surface area (Å²) in [5.74, 6) is 0.788. The lowest BCUT2D eigenvalue weighted by Gasteiger charge is -2.03. The number of rotatable bonds is 3. The van der Waals surface area contributed by atoms with Gasteiger partial charge in [-0.05, 0) is 23.8 Å². The zero-order valence-corrected chi connectivity index (χ0v) is 9.78. The van der Waals surface area contributed by atoms with E-state index in [9.17, 15) is 0 Å². The predicted octanol–water partition coefficient (Wildman–Crippen LogP) is 2.68. The van der Waals surface area contributed by atoms with E-state index in [1.54, 1.807) is 18.5 Å². The summed E-state index contributed by atoms with van der Waals surface area (Å²) in [6, 6.07) is 5.75. The first-order valence-corrected chi connectivity index (χ1v) is 5.57. The van der Waals surface area contributed by atoms with E-state index in [4.69, 9.17) is 11.6 Å². The van der Waals surface area contributed by atoms with E-state index in [-0.39, 0.29) is 0 Å². The predicted molar refractivity (Wildman–Crippen MR) is 63.5 cm³/mol. The van der Waals surface area contributed by atoms with Crippen molar-refractivity contribution in [1.29, 1.82) is 0 Å². The molecule has 0 unspecified atom stereocenters. The number of halogens is 1. The van der Waals surface area contributed by atoms with Crippen molar-refractivity contribution in [1.82, 2.24) is 15.0 Å². The molecule has 2 rings (SSSR count). The van der Waals surface area contributed by atoms with Crippen LogP contribution in [0.25, 0.3) is 0 Å². The molecule has 0 amide bonds. The molecule has 0 aliphatic rings. The van der Waals surface area contributed by atoms with Crippen LogP contribution in [0.5, 0.6) is 0 Å². The molecule has 0 aliphatic heterocycles. The van der Waals surface area contributed by atoms with Crippen LogP contribution in [0.4, 0.5) is 0 Å². The molecular formula is C12H12ClN3. The third kappa shape index (κ3) is 2.76. The molecule has 0 spiro atoms. The molecule has 82 valence electrons. The topological polar surface area (TPSA) is 38.7 Å². The second kappa shape index (κ2) is 5.03. The van der Waals surface area contributed by atoms with Crippen LogP contribution in [0.15, 0.2) is 30.6 Å². The molecule has 2 heterocycles. The van der Waals surface area contributed by atoms with Gasteiger partial charge in [0.25, 0.3) is 0 Å². The zero-order chi connectivity index (χ0) is 11.4. The smallest absolute Gasteiger partial charge is 0.133 e. The monoisotopic (exact) mass is 233 g/mol. The van der Waals surface area contributed by atoms with Crippen molar-refractivity contribution in [3.63, 3.8) is 0 Å². The van der Waals surface area contributed by atoms with Crippen LogP contribution in [0.2, 0.25) is 5.15 Å². The Balaban J connectivity index is 2.24. The molecule has 0 aromatic carbocycles. The van der Waals surface area contributed by atoms with Gasteiger partial charge in [-0.15, -0.1) is 0 Å². The van der Waals surface area contributed by atoms with Crippen LogP contribution in [0, 0.1) is 0 Å². The molecule has 2 aromatic heterocycles. The lowest BCUT2D eigenvalue weighted by Crippen LogP contribution is -1.99. The molecule has 0 fully saturated rings. The van der Waals surface area contributed by atoms with E-state index in [0.29, 0.717) is 5.15 Å². The van der Waals surface area contributed by atoms with Crippen LogP contribution in [0.3, 0.4) is 0 Å². The van der Waals surface area contributed by atoms with Gasteiger partial charge in [0, 0.05) is 30.9 Å². The van der Waals surface area contributed by atoms with Crippen molar-refractivity contribution in [2.45, 2.75) is 19.8 Å². The number of aromatic nitrogens is 3. The van der Waals surface area contributed by atoms with Gasteiger partial charge in [-0.2, -0.15) is 0 Å². The average molecular weight is 234 g/mol. The van der Waals surface area contributed by atoms with Crippen molar-refractivity contribution in [2.75, 3.05) is 0 Å². The van der Waals surface area contributed by atoms with Gasteiger partial charge < -0.3 is 0 Å². The van der Waals surface area contributed by atoms with Crippen LogP contribution in [-0.2, 0) is 12.8 Å². The third-order valence-electron chi connectivity index (χ3n) is 2.25. The van der Waals surface area contributed by atoms with Crippen LogP contribution < -0.4 is 0 Å². The first-order valence-electron chi connectivity index (χ1n) is 5.19. The molecule has 0 bridgehead atoms. The fourth-order valence-electron chi connectivity index (χ4n) is 1.47. The minimum Gasteiger partial charge on any atom is -0.265 e. The van der Waals surface area contributed by atoms with Gasteiger partial charge in [0.1, 0.15) is 11.0 Å². The maximum absolute atomic E-state index is 5.93. The second-order valence-corrected chi connectivity index (χ2v) is 3.87. The van der Waals surface area contributed by atoms with Crippen LogP contribution >= 0.6 is 11.6 Å². The Labute approximate surface area is 99.5 Å². The second-order valence-electron chi connectivity index (χ2n) is 3.48. The first kappa shape index (κ1) is 11.0. The molecule has 0 N–H and O–H groups in total. The number of hydrogen-bond donors (Lipinski definition) is 0. The Morgan fingerprint density at radius 2 is 1.94 bits per heavy atom. The first-order chi connectivity index (χ1) is 7.78.